The average Bonchev–Trinajstić information content (AvgIpc) is 2.65. The zero-order valence-corrected chi connectivity index (χ0v) is 13.6. The molecule has 0 aliphatic heterocycles. The van der Waals surface area contributed by atoms with Gasteiger partial charge in [0.05, 0.1) is 26.9 Å². The van der Waals surface area contributed by atoms with Crippen LogP contribution in [-0.4, -0.2) is 44.7 Å². The van der Waals surface area contributed by atoms with Crippen molar-refractivity contribution in [2.45, 2.75) is 0 Å². The standard InChI is InChI=1S/C17H17NO6/c1-21-14-6-4-11(8-15(14)22-2)13(19)10-24-17(20)12-5-7-16(23-3)18-9-12/h4-9H,10H2,1-3H3. The van der Waals surface area contributed by atoms with Crippen LogP contribution in [-0.2, 0) is 4.74 Å². The average molecular weight is 331 g/mol. The van der Waals surface area contributed by atoms with Gasteiger partial charge < -0.3 is 18.9 Å². The molecule has 0 bridgehead atoms. The molecule has 1 aromatic carbocycles. The summed E-state index contributed by atoms with van der Waals surface area (Å²) in [7, 11) is 4.45. The van der Waals surface area contributed by atoms with Crippen LogP contribution in [0.15, 0.2) is 36.5 Å². The molecular weight excluding hydrogens is 314 g/mol. The number of Topliss-reactive ketones (excluding diaryl/α,β-unsaturated/α-hetero) is 1. The lowest BCUT2D eigenvalue weighted by Crippen LogP contribution is -2.14. The SMILES string of the molecule is COc1ccc(C(=O)OCC(=O)c2ccc(OC)c(OC)c2)cn1. The normalized spacial score (nSPS) is 9.96. The number of pyridine rings is 1. The lowest BCUT2D eigenvalue weighted by atomic mass is 10.1. The zero-order valence-electron chi connectivity index (χ0n) is 13.6. The van der Waals surface area contributed by atoms with Crippen molar-refractivity contribution < 1.29 is 28.5 Å². The van der Waals surface area contributed by atoms with Crippen molar-refractivity contribution in [2.24, 2.45) is 0 Å². The predicted molar refractivity (Wildman–Crippen MR) is 84.9 cm³/mol. The molecule has 1 aromatic heterocycles. The second-order valence-electron chi connectivity index (χ2n) is 4.66. The summed E-state index contributed by atoms with van der Waals surface area (Å²) in [5.41, 5.74) is 0.587. The number of ketones is 1. The monoisotopic (exact) mass is 331 g/mol. The molecule has 0 aliphatic rings. The number of hydrogen-bond donors (Lipinski definition) is 0. The number of hydrogen-bond acceptors (Lipinski definition) is 7. The summed E-state index contributed by atoms with van der Waals surface area (Å²) in [6.45, 7) is -0.389. The first kappa shape index (κ1) is 17.3. The van der Waals surface area contributed by atoms with Crippen molar-refractivity contribution in [3.8, 4) is 17.4 Å². The van der Waals surface area contributed by atoms with E-state index in [1.165, 1.54) is 45.7 Å². The Morgan fingerprint density at radius 2 is 1.62 bits per heavy atom. The molecule has 7 heteroatoms. The van der Waals surface area contributed by atoms with Gasteiger partial charge in [-0.2, -0.15) is 0 Å². The summed E-state index contributed by atoms with van der Waals surface area (Å²) < 4.78 is 20.2. The number of carbonyl (C=O) groups excluding carboxylic acids is 2. The molecule has 0 radical (unpaired) electrons. The van der Waals surface area contributed by atoms with Crippen LogP contribution in [0.4, 0.5) is 0 Å². The third kappa shape index (κ3) is 4.01. The van der Waals surface area contributed by atoms with Crippen LogP contribution in [0, 0.1) is 0 Å². The van der Waals surface area contributed by atoms with E-state index in [2.05, 4.69) is 4.98 Å². The lowest BCUT2D eigenvalue weighted by Gasteiger charge is -2.09. The molecule has 0 saturated heterocycles. The maximum atomic E-state index is 12.1. The van der Waals surface area contributed by atoms with E-state index >= 15 is 0 Å². The van der Waals surface area contributed by atoms with Crippen LogP contribution in [0.1, 0.15) is 20.7 Å². The third-order valence-corrected chi connectivity index (χ3v) is 3.22. The Morgan fingerprint density at radius 1 is 0.917 bits per heavy atom. The van der Waals surface area contributed by atoms with Crippen LogP contribution >= 0.6 is 0 Å². The molecule has 1 heterocycles. The second kappa shape index (κ2) is 7.96. The highest BCUT2D eigenvalue weighted by atomic mass is 16.5. The first-order valence-electron chi connectivity index (χ1n) is 7.01. The second-order valence-corrected chi connectivity index (χ2v) is 4.66. The summed E-state index contributed by atoms with van der Waals surface area (Å²) >= 11 is 0. The molecule has 0 unspecified atom stereocenters. The fourth-order valence-electron chi connectivity index (χ4n) is 1.93. The lowest BCUT2D eigenvalue weighted by molar-refractivity contribution is 0.0474. The van der Waals surface area contributed by atoms with Gasteiger partial charge >= 0.3 is 5.97 Å². The molecule has 0 N–H and O–H groups in total. The van der Waals surface area contributed by atoms with Gasteiger partial charge in [-0.15, -0.1) is 0 Å². The van der Waals surface area contributed by atoms with E-state index in [9.17, 15) is 9.59 Å². The number of esters is 1. The Labute approximate surface area is 139 Å². The molecule has 126 valence electrons. The summed E-state index contributed by atoms with van der Waals surface area (Å²) in [6.07, 6.45) is 1.32. The highest BCUT2D eigenvalue weighted by molar-refractivity contribution is 5.99. The minimum atomic E-state index is -0.640. The van der Waals surface area contributed by atoms with Gasteiger partial charge in [0, 0.05) is 17.8 Å². The van der Waals surface area contributed by atoms with E-state index in [4.69, 9.17) is 18.9 Å². The molecule has 0 saturated carbocycles. The van der Waals surface area contributed by atoms with Gasteiger partial charge in [0.15, 0.2) is 23.9 Å². The number of nitrogens with zero attached hydrogens (tertiary/aromatic N) is 1. The maximum Gasteiger partial charge on any atom is 0.340 e. The van der Waals surface area contributed by atoms with Crippen LogP contribution in [0.5, 0.6) is 17.4 Å². The van der Waals surface area contributed by atoms with Crippen molar-refractivity contribution in [1.82, 2.24) is 4.98 Å². The van der Waals surface area contributed by atoms with Gasteiger partial charge in [0.25, 0.3) is 0 Å². The fourth-order valence-corrected chi connectivity index (χ4v) is 1.93. The van der Waals surface area contributed by atoms with E-state index < -0.39 is 5.97 Å². The van der Waals surface area contributed by atoms with Gasteiger partial charge in [0.2, 0.25) is 5.88 Å². The van der Waals surface area contributed by atoms with Crippen molar-refractivity contribution in [3.63, 3.8) is 0 Å². The van der Waals surface area contributed by atoms with E-state index in [1.807, 2.05) is 0 Å². The van der Waals surface area contributed by atoms with E-state index in [-0.39, 0.29) is 18.0 Å². The number of carbonyl (C=O) groups is 2. The Morgan fingerprint density at radius 3 is 2.21 bits per heavy atom. The Balaban J connectivity index is 2.00. The molecule has 0 spiro atoms. The van der Waals surface area contributed by atoms with E-state index in [1.54, 1.807) is 12.1 Å². The molecule has 2 aromatic rings. The van der Waals surface area contributed by atoms with Crippen molar-refractivity contribution in [2.75, 3.05) is 27.9 Å². The molecule has 0 atom stereocenters. The minimum absolute atomic E-state index is 0.232. The van der Waals surface area contributed by atoms with Gasteiger partial charge in [0.1, 0.15) is 0 Å². The van der Waals surface area contributed by atoms with Gasteiger partial charge in [-0.25, -0.2) is 9.78 Å². The maximum absolute atomic E-state index is 12.1. The van der Waals surface area contributed by atoms with Crippen LogP contribution in [0.2, 0.25) is 0 Å². The van der Waals surface area contributed by atoms with Gasteiger partial charge in [-0.05, 0) is 24.3 Å². The van der Waals surface area contributed by atoms with Crippen LogP contribution in [0.25, 0.3) is 0 Å². The van der Waals surface area contributed by atoms with Crippen molar-refractivity contribution >= 4 is 11.8 Å². The molecule has 0 aliphatic carbocycles. The molecule has 0 fully saturated rings. The number of benzene rings is 1. The minimum Gasteiger partial charge on any atom is -0.493 e. The summed E-state index contributed by atoms with van der Waals surface area (Å²) in [5.74, 6) is 0.321. The smallest absolute Gasteiger partial charge is 0.340 e. The molecule has 2 rings (SSSR count). The molecule has 7 nitrogen and oxygen atoms in total. The van der Waals surface area contributed by atoms with E-state index in [0.29, 0.717) is 22.9 Å². The number of ether oxygens (including phenoxy) is 4. The number of methoxy groups -OCH3 is 3. The quantitative estimate of drug-likeness (QED) is 0.568. The first-order valence-corrected chi connectivity index (χ1v) is 7.01. The van der Waals surface area contributed by atoms with Crippen molar-refractivity contribution in [1.29, 1.82) is 0 Å². The highest BCUT2D eigenvalue weighted by Gasteiger charge is 2.14. The van der Waals surface area contributed by atoms with Gasteiger partial charge in [-0.3, -0.25) is 4.79 Å². The Bertz CT molecular complexity index is 726. The molecular formula is C17H17NO6. The van der Waals surface area contributed by atoms with Crippen LogP contribution < -0.4 is 14.2 Å². The van der Waals surface area contributed by atoms with Crippen LogP contribution in [0.3, 0.4) is 0 Å². The predicted octanol–water partition coefficient (Wildman–Crippen LogP) is 2.15. The summed E-state index contributed by atoms with van der Waals surface area (Å²) in [5, 5.41) is 0. The molecule has 0 amide bonds. The van der Waals surface area contributed by atoms with E-state index in [0.717, 1.165) is 0 Å². The number of rotatable bonds is 7. The van der Waals surface area contributed by atoms with Crippen molar-refractivity contribution in [3.05, 3.63) is 47.7 Å². The first-order chi connectivity index (χ1) is 11.6. The highest BCUT2D eigenvalue weighted by Crippen LogP contribution is 2.27. The largest absolute Gasteiger partial charge is 0.493 e. The zero-order chi connectivity index (χ0) is 17.5. The Kier molecular flexibility index (Phi) is 5.73. The Hall–Kier alpha value is -3.09. The topological polar surface area (TPSA) is 84.0 Å². The molecule has 24 heavy (non-hydrogen) atoms. The third-order valence-electron chi connectivity index (χ3n) is 3.22. The summed E-state index contributed by atoms with van der Waals surface area (Å²) in [4.78, 5) is 27.9. The fraction of sp³-hybridized carbons (Fsp3) is 0.235. The van der Waals surface area contributed by atoms with Gasteiger partial charge in [-0.1, -0.05) is 0 Å². The summed E-state index contributed by atoms with van der Waals surface area (Å²) in [6, 6.07) is 7.76. The number of aromatic nitrogens is 1.